The lowest BCUT2D eigenvalue weighted by atomic mass is 10.0. The van der Waals surface area contributed by atoms with Gasteiger partial charge in [0.15, 0.2) is 17.5 Å². The molecule has 0 aliphatic carbocycles. The molecule has 31 heavy (non-hydrogen) atoms. The first-order valence-corrected chi connectivity index (χ1v) is 10.4. The number of aryl methyl sites for hydroxylation is 2. The minimum atomic E-state index is 0.517. The second kappa shape index (κ2) is 6.74. The van der Waals surface area contributed by atoms with E-state index in [1.54, 1.807) is 0 Å². The topological polar surface area (TPSA) is 29.5 Å². The average Bonchev–Trinajstić information content (AvgIpc) is 3.16. The Morgan fingerprint density at radius 3 is 2.42 bits per heavy atom. The smallest absolute Gasteiger partial charge is 0.316 e. The monoisotopic (exact) mass is 405 g/mol. The van der Waals surface area contributed by atoms with E-state index < -0.39 is 0 Å². The number of hydrogen-bond donors (Lipinski definition) is 0. The molecule has 0 unspecified atom stereocenters. The van der Waals surface area contributed by atoms with Crippen LogP contribution in [0.3, 0.4) is 0 Å². The summed E-state index contributed by atoms with van der Waals surface area (Å²) in [5.41, 5.74) is 7.16. The summed E-state index contributed by atoms with van der Waals surface area (Å²) in [5, 5.41) is 1.03. The Hall–Kier alpha value is -4.05. The van der Waals surface area contributed by atoms with E-state index in [1.807, 2.05) is 30.3 Å². The molecule has 0 bridgehead atoms. The molecule has 4 nitrogen and oxygen atoms in total. The SMILES string of the molecule is Cc1ccc2c3c(oc2c1-c1cccc[n+]1C)Oc1ccccc1N3c1ccccc1. The molecule has 0 radical (unpaired) electrons. The van der Waals surface area contributed by atoms with Gasteiger partial charge in [-0.3, -0.25) is 0 Å². The van der Waals surface area contributed by atoms with Crippen LogP contribution in [0.2, 0.25) is 0 Å². The summed E-state index contributed by atoms with van der Waals surface area (Å²) in [6.07, 6.45) is 2.05. The predicted molar refractivity (Wildman–Crippen MR) is 122 cm³/mol. The molecule has 1 aliphatic heterocycles. The number of hydrogen-bond acceptors (Lipinski definition) is 3. The fourth-order valence-electron chi connectivity index (χ4n) is 4.40. The molecule has 2 aromatic heterocycles. The zero-order chi connectivity index (χ0) is 20.9. The molecule has 0 spiro atoms. The summed E-state index contributed by atoms with van der Waals surface area (Å²) >= 11 is 0. The molecular weight excluding hydrogens is 384 g/mol. The second-order valence-corrected chi connectivity index (χ2v) is 7.81. The highest BCUT2D eigenvalue weighted by Gasteiger charge is 2.33. The lowest BCUT2D eigenvalue weighted by molar-refractivity contribution is -0.660. The van der Waals surface area contributed by atoms with E-state index in [9.17, 15) is 0 Å². The average molecular weight is 405 g/mol. The van der Waals surface area contributed by atoms with Crippen LogP contribution in [0, 0.1) is 6.92 Å². The van der Waals surface area contributed by atoms with Gasteiger partial charge in [0.1, 0.15) is 12.7 Å². The van der Waals surface area contributed by atoms with Gasteiger partial charge >= 0.3 is 5.95 Å². The van der Waals surface area contributed by atoms with Gasteiger partial charge in [0, 0.05) is 23.2 Å². The van der Waals surface area contributed by atoms with Crippen molar-refractivity contribution in [2.24, 2.45) is 7.05 Å². The summed E-state index contributed by atoms with van der Waals surface area (Å²) in [4.78, 5) is 2.23. The maximum absolute atomic E-state index is 6.44. The van der Waals surface area contributed by atoms with Crippen LogP contribution in [-0.2, 0) is 7.05 Å². The largest absolute Gasteiger partial charge is 0.423 e. The van der Waals surface area contributed by atoms with Gasteiger partial charge in [-0.1, -0.05) is 36.4 Å². The number of pyridine rings is 1. The van der Waals surface area contributed by atoms with Crippen molar-refractivity contribution in [2.75, 3.05) is 4.90 Å². The highest BCUT2D eigenvalue weighted by Crippen LogP contribution is 2.55. The van der Waals surface area contributed by atoms with Crippen molar-refractivity contribution in [3.8, 4) is 23.0 Å². The maximum Gasteiger partial charge on any atom is 0.316 e. The highest BCUT2D eigenvalue weighted by atomic mass is 16.6. The molecular formula is C27H21N2O2+. The molecule has 0 amide bonds. The van der Waals surface area contributed by atoms with E-state index in [1.165, 1.54) is 0 Å². The molecule has 6 rings (SSSR count). The Kier molecular flexibility index (Phi) is 3.87. The van der Waals surface area contributed by atoms with E-state index in [4.69, 9.17) is 9.15 Å². The van der Waals surface area contributed by atoms with Crippen LogP contribution in [0.4, 0.5) is 17.1 Å². The summed E-state index contributed by atoms with van der Waals surface area (Å²) in [6, 6.07) is 28.9. The standard InChI is InChI=1S/C27H21N2O2/c1-18-15-16-20-25-27(31-26(20)24(18)22-13-8-9-17-28(22)2)30-23-14-7-6-12-21(23)29(25)19-10-4-3-5-11-19/h3-17H,1-2H3/q+1. The number of fused-ring (bicyclic) bond motifs is 4. The summed E-state index contributed by atoms with van der Waals surface area (Å²) in [7, 11) is 2.05. The number of benzene rings is 3. The van der Waals surface area contributed by atoms with Crippen LogP contribution in [0.15, 0.2) is 95.5 Å². The summed E-state index contributed by atoms with van der Waals surface area (Å²) < 4.78 is 14.8. The molecule has 1 aliphatic rings. The van der Waals surface area contributed by atoms with E-state index in [-0.39, 0.29) is 0 Å². The number of nitrogens with zero attached hydrogens (tertiary/aromatic N) is 2. The van der Waals surface area contributed by atoms with Crippen LogP contribution in [0.25, 0.3) is 22.2 Å². The minimum absolute atomic E-state index is 0.517. The summed E-state index contributed by atoms with van der Waals surface area (Å²) in [5.74, 6) is 1.30. The molecule has 0 atom stereocenters. The Morgan fingerprint density at radius 2 is 1.58 bits per heavy atom. The van der Waals surface area contributed by atoms with Crippen molar-refractivity contribution >= 4 is 28.0 Å². The number of aromatic nitrogens is 1. The fourth-order valence-corrected chi connectivity index (χ4v) is 4.40. The van der Waals surface area contributed by atoms with E-state index in [0.717, 1.165) is 50.6 Å². The number of furan rings is 1. The molecule has 3 aromatic carbocycles. The number of para-hydroxylation sites is 3. The van der Waals surface area contributed by atoms with Crippen molar-refractivity contribution in [1.82, 2.24) is 0 Å². The third kappa shape index (κ3) is 2.65. The quantitative estimate of drug-likeness (QED) is 0.296. The van der Waals surface area contributed by atoms with Crippen LogP contribution in [-0.4, -0.2) is 0 Å². The van der Waals surface area contributed by atoms with Crippen LogP contribution in [0.1, 0.15) is 5.56 Å². The Labute approximate surface area is 180 Å². The third-order valence-corrected chi connectivity index (χ3v) is 5.87. The van der Waals surface area contributed by atoms with Gasteiger partial charge < -0.3 is 14.1 Å². The van der Waals surface area contributed by atoms with Crippen molar-refractivity contribution in [1.29, 1.82) is 0 Å². The Morgan fingerprint density at radius 1 is 0.806 bits per heavy atom. The van der Waals surface area contributed by atoms with Gasteiger partial charge in [-0.05, 0) is 48.9 Å². The molecule has 0 saturated heterocycles. The van der Waals surface area contributed by atoms with E-state index >= 15 is 0 Å². The summed E-state index contributed by atoms with van der Waals surface area (Å²) in [6.45, 7) is 2.12. The Bertz CT molecular complexity index is 1440. The number of rotatable bonds is 2. The van der Waals surface area contributed by atoms with Crippen molar-refractivity contribution in [2.45, 2.75) is 6.92 Å². The van der Waals surface area contributed by atoms with Crippen LogP contribution < -0.4 is 14.2 Å². The first-order valence-electron chi connectivity index (χ1n) is 10.4. The van der Waals surface area contributed by atoms with E-state index in [2.05, 4.69) is 84.2 Å². The van der Waals surface area contributed by atoms with Gasteiger partial charge in [-0.15, -0.1) is 0 Å². The lowest BCUT2D eigenvalue weighted by Crippen LogP contribution is -2.30. The van der Waals surface area contributed by atoms with Crippen molar-refractivity contribution < 1.29 is 13.7 Å². The first kappa shape index (κ1) is 17.8. The molecule has 0 fully saturated rings. The van der Waals surface area contributed by atoms with Crippen LogP contribution in [0.5, 0.6) is 11.7 Å². The molecule has 0 N–H and O–H groups in total. The first-order chi connectivity index (χ1) is 15.2. The van der Waals surface area contributed by atoms with Crippen LogP contribution >= 0.6 is 0 Å². The number of ether oxygens (including phenoxy) is 1. The van der Waals surface area contributed by atoms with Gasteiger partial charge in [0.05, 0.1) is 11.3 Å². The Balaban J connectivity index is 1.68. The maximum atomic E-state index is 6.44. The molecule has 0 saturated carbocycles. The zero-order valence-corrected chi connectivity index (χ0v) is 17.4. The van der Waals surface area contributed by atoms with E-state index in [0.29, 0.717) is 5.95 Å². The molecule has 5 aromatic rings. The minimum Gasteiger partial charge on any atom is -0.423 e. The molecule has 4 heteroatoms. The van der Waals surface area contributed by atoms with Crippen molar-refractivity contribution in [3.63, 3.8) is 0 Å². The zero-order valence-electron chi connectivity index (χ0n) is 17.4. The predicted octanol–water partition coefficient (Wildman–Crippen LogP) is 6.81. The molecule has 3 heterocycles. The highest BCUT2D eigenvalue weighted by molar-refractivity contribution is 6.06. The van der Waals surface area contributed by atoms with Gasteiger partial charge in [-0.2, -0.15) is 0 Å². The normalized spacial score (nSPS) is 12.4. The number of anilines is 3. The molecule has 150 valence electrons. The third-order valence-electron chi connectivity index (χ3n) is 5.87. The van der Waals surface area contributed by atoms with Gasteiger partial charge in [0.2, 0.25) is 5.69 Å². The lowest BCUT2D eigenvalue weighted by Gasteiger charge is -2.30. The second-order valence-electron chi connectivity index (χ2n) is 7.81. The van der Waals surface area contributed by atoms with Gasteiger partial charge in [-0.25, -0.2) is 4.57 Å². The fraction of sp³-hybridized carbons (Fsp3) is 0.0741. The van der Waals surface area contributed by atoms with Crippen molar-refractivity contribution in [3.05, 3.63) is 96.7 Å². The van der Waals surface area contributed by atoms with Gasteiger partial charge in [0.25, 0.3) is 0 Å².